The third-order valence-electron chi connectivity index (χ3n) is 16.5. The quantitative estimate of drug-likeness (QED) is 0.0261. The van der Waals surface area contributed by atoms with Gasteiger partial charge in [-0.2, -0.15) is 0 Å². The van der Waals surface area contributed by atoms with E-state index in [1.165, 1.54) is 315 Å². The SMILES string of the molecule is CCCCCCCCCC/C=C\CCCCCCCCCCCCCCCCCCCCCCCCCC(=O)OCC(COC(=O)CCCCCCCCCC)OC(=O)CCCCCCCCCCCCCCCCCCC. The van der Waals surface area contributed by atoms with Crippen molar-refractivity contribution in [2.75, 3.05) is 13.2 Å². The normalized spacial score (nSPS) is 12.0. The van der Waals surface area contributed by atoms with E-state index < -0.39 is 6.10 Å². The Morgan fingerprint density at radius 3 is 0.641 bits per heavy atom. The molecule has 0 aliphatic heterocycles. The number of hydrogen-bond donors (Lipinski definition) is 0. The minimum absolute atomic E-state index is 0.0623. The van der Waals surface area contributed by atoms with Crippen molar-refractivity contribution in [2.45, 2.75) is 419 Å². The molecule has 0 amide bonds. The van der Waals surface area contributed by atoms with Crippen LogP contribution in [0.2, 0.25) is 0 Å². The van der Waals surface area contributed by atoms with Crippen LogP contribution in [0.1, 0.15) is 412 Å². The number of ether oxygens (including phenoxy) is 3. The predicted octanol–water partition coefficient (Wildman–Crippen LogP) is 24.4. The van der Waals surface area contributed by atoms with E-state index >= 15 is 0 Å². The van der Waals surface area contributed by atoms with Gasteiger partial charge in [0.1, 0.15) is 13.2 Å². The molecule has 0 spiro atoms. The molecule has 78 heavy (non-hydrogen) atoms. The minimum atomic E-state index is -0.762. The molecule has 0 saturated carbocycles. The number of allylic oxidation sites excluding steroid dienone is 2. The summed E-state index contributed by atoms with van der Waals surface area (Å²) in [6.45, 7) is 6.69. The number of rotatable bonds is 67. The summed E-state index contributed by atoms with van der Waals surface area (Å²) < 4.78 is 16.9. The van der Waals surface area contributed by atoms with Gasteiger partial charge in [0.05, 0.1) is 0 Å². The van der Waals surface area contributed by atoms with Crippen LogP contribution < -0.4 is 0 Å². The third kappa shape index (κ3) is 65.0. The first-order chi connectivity index (χ1) is 38.5. The second-order valence-corrected chi connectivity index (χ2v) is 24.5. The molecule has 0 bridgehead atoms. The van der Waals surface area contributed by atoms with Crippen molar-refractivity contribution in [3.63, 3.8) is 0 Å². The highest BCUT2D eigenvalue weighted by molar-refractivity contribution is 5.71. The molecular weight excluding hydrogens is 961 g/mol. The summed E-state index contributed by atoms with van der Waals surface area (Å²) in [5, 5.41) is 0. The molecule has 0 fully saturated rings. The number of carbonyl (C=O) groups excluding carboxylic acids is 3. The molecule has 0 aromatic carbocycles. The maximum Gasteiger partial charge on any atom is 0.306 e. The van der Waals surface area contributed by atoms with Gasteiger partial charge < -0.3 is 14.2 Å². The van der Waals surface area contributed by atoms with Crippen LogP contribution in [-0.4, -0.2) is 37.2 Å². The van der Waals surface area contributed by atoms with Crippen LogP contribution in [-0.2, 0) is 28.6 Å². The summed E-state index contributed by atoms with van der Waals surface area (Å²) >= 11 is 0. The van der Waals surface area contributed by atoms with E-state index in [0.29, 0.717) is 19.3 Å². The largest absolute Gasteiger partial charge is 0.462 e. The zero-order valence-electron chi connectivity index (χ0n) is 53.2. The van der Waals surface area contributed by atoms with Crippen molar-refractivity contribution in [2.24, 2.45) is 0 Å². The highest BCUT2D eigenvalue weighted by Crippen LogP contribution is 2.19. The Bertz CT molecular complexity index is 1210. The van der Waals surface area contributed by atoms with Crippen molar-refractivity contribution in [1.29, 1.82) is 0 Å². The zero-order valence-corrected chi connectivity index (χ0v) is 53.2. The van der Waals surface area contributed by atoms with Crippen LogP contribution in [0, 0.1) is 0 Å². The summed E-state index contributed by atoms with van der Waals surface area (Å²) in [4.78, 5) is 38.2. The summed E-state index contributed by atoms with van der Waals surface area (Å²) in [6.07, 6.45) is 81.4. The fourth-order valence-electron chi connectivity index (χ4n) is 11.2. The first-order valence-corrected chi connectivity index (χ1v) is 35.7. The van der Waals surface area contributed by atoms with Crippen molar-refractivity contribution >= 4 is 17.9 Å². The first-order valence-electron chi connectivity index (χ1n) is 35.7. The second-order valence-electron chi connectivity index (χ2n) is 24.5. The van der Waals surface area contributed by atoms with Crippen LogP contribution in [0.3, 0.4) is 0 Å². The Hall–Kier alpha value is -1.85. The molecule has 0 N–H and O–H groups in total. The van der Waals surface area contributed by atoms with Crippen molar-refractivity contribution < 1.29 is 28.6 Å². The number of hydrogen-bond acceptors (Lipinski definition) is 6. The summed E-state index contributed by atoms with van der Waals surface area (Å²) in [5.41, 5.74) is 0. The van der Waals surface area contributed by atoms with Gasteiger partial charge in [-0.25, -0.2) is 0 Å². The summed E-state index contributed by atoms with van der Waals surface area (Å²) in [5.74, 6) is -0.835. The molecule has 0 aliphatic rings. The lowest BCUT2D eigenvalue weighted by atomic mass is 10.0. The lowest BCUT2D eigenvalue weighted by Crippen LogP contribution is -2.30. The summed E-state index contributed by atoms with van der Waals surface area (Å²) in [6, 6.07) is 0. The lowest BCUT2D eigenvalue weighted by Gasteiger charge is -2.18. The molecule has 1 atom stereocenters. The van der Waals surface area contributed by atoms with Gasteiger partial charge in [-0.1, -0.05) is 360 Å². The van der Waals surface area contributed by atoms with Crippen LogP contribution in [0.5, 0.6) is 0 Å². The maximum atomic E-state index is 12.9. The monoisotopic (exact) mass is 1100 g/mol. The van der Waals surface area contributed by atoms with Gasteiger partial charge in [0, 0.05) is 19.3 Å². The van der Waals surface area contributed by atoms with Gasteiger partial charge in [-0.3, -0.25) is 14.4 Å². The molecule has 462 valence electrons. The Kier molecular flexibility index (Phi) is 66.0. The van der Waals surface area contributed by atoms with Crippen LogP contribution in [0.15, 0.2) is 12.2 Å². The van der Waals surface area contributed by atoms with Crippen molar-refractivity contribution in [1.82, 2.24) is 0 Å². The van der Waals surface area contributed by atoms with Crippen LogP contribution in [0.4, 0.5) is 0 Å². The van der Waals surface area contributed by atoms with E-state index in [2.05, 4.69) is 32.9 Å². The molecule has 0 aliphatic carbocycles. The predicted molar refractivity (Wildman–Crippen MR) is 340 cm³/mol. The standard InChI is InChI=1S/C72H138O6/c1-4-7-10-13-16-19-21-23-25-27-28-29-30-31-32-33-34-35-36-37-38-39-40-41-42-43-44-46-47-49-51-53-56-59-62-65-71(74)77-68-69(67-76-70(73)64-61-58-55-18-15-12-9-6-3)78-72(75)66-63-60-57-54-52-50-48-45-26-24-22-20-17-14-11-8-5-2/h27-28,69H,4-26,29-68H2,1-3H3/b28-27-. The zero-order chi connectivity index (χ0) is 56.4. The first kappa shape index (κ1) is 76.1. The number of unbranched alkanes of at least 4 members (excludes halogenated alkanes) is 54. The smallest absolute Gasteiger partial charge is 0.306 e. The molecule has 0 saturated heterocycles. The Labute approximate surface area is 488 Å². The van der Waals surface area contributed by atoms with Crippen LogP contribution >= 0.6 is 0 Å². The average Bonchev–Trinajstić information content (AvgIpc) is 3.44. The third-order valence-corrected chi connectivity index (χ3v) is 16.5. The molecule has 0 heterocycles. The van der Waals surface area contributed by atoms with Gasteiger partial charge >= 0.3 is 17.9 Å². The molecule has 0 aromatic heterocycles. The van der Waals surface area contributed by atoms with E-state index in [9.17, 15) is 14.4 Å². The fraction of sp³-hybridized carbons (Fsp3) is 0.931. The van der Waals surface area contributed by atoms with E-state index in [0.717, 1.165) is 57.8 Å². The van der Waals surface area contributed by atoms with Gasteiger partial charge in [0.15, 0.2) is 6.10 Å². The molecule has 1 unspecified atom stereocenters. The van der Waals surface area contributed by atoms with Gasteiger partial charge in [0.25, 0.3) is 0 Å². The van der Waals surface area contributed by atoms with E-state index in [1.807, 2.05) is 0 Å². The van der Waals surface area contributed by atoms with Crippen molar-refractivity contribution in [3.8, 4) is 0 Å². The molecule has 0 rings (SSSR count). The van der Waals surface area contributed by atoms with Gasteiger partial charge in [0.2, 0.25) is 0 Å². The molecule has 6 heteroatoms. The highest BCUT2D eigenvalue weighted by Gasteiger charge is 2.19. The number of carbonyl (C=O) groups is 3. The average molecular weight is 1100 g/mol. The van der Waals surface area contributed by atoms with E-state index in [-0.39, 0.29) is 31.1 Å². The van der Waals surface area contributed by atoms with Gasteiger partial charge in [-0.15, -0.1) is 0 Å². The molecule has 0 radical (unpaired) electrons. The summed E-state index contributed by atoms with van der Waals surface area (Å²) in [7, 11) is 0. The topological polar surface area (TPSA) is 78.9 Å². The lowest BCUT2D eigenvalue weighted by molar-refractivity contribution is -0.167. The molecular formula is C72H138O6. The number of esters is 3. The second kappa shape index (κ2) is 67.7. The van der Waals surface area contributed by atoms with Gasteiger partial charge in [-0.05, 0) is 44.9 Å². The Balaban J connectivity index is 3.93. The maximum absolute atomic E-state index is 12.9. The highest BCUT2D eigenvalue weighted by atomic mass is 16.6. The Morgan fingerprint density at radius 1 is 0.244 bits per heavy atom. The van der Waals surface area contributed by atoms with E-state index in [4.69, 9.17) is 14.2 Å². The molecule has 0 aromatic rings. The minimum Gasteiger partial charge on any atom is -0.462 e. The van der Waals surface area contributed by atoms with E-state index in [1.54, 1.807) is 0 Å². The van der Waals surface area contributed by atoms with Crippen LogP contribution in [0.25, 0.3) is 0 Å². The molecule has 6 nitrogen and oxygen atoms in total. The fourth-order valence-corrected chi connectivity index (χ4v) is 11.2. The Morgan fingerprint density at radius 2 is 0.423 bits per heavy atom. The van der Waals surface area contributed by atoms with Crippen molar-refractivity contribution in [3.05, 3.63) is 12.2 Å².